The SMILES string of the molecule is O=C1Nc2cccc3c(S(=O)(=O)Cl)ccc(c23)N1. The first-order valence-electron chi connectivity index (χ1n) is 5.05. The first kappa shape index (κ1) is 11.3. The predicted octanol–water partition coefficient (Wildman–Crippen LogP) is 2.72. The van der Waals surface area contributed by atoms with Gasteiger partial charge in [0.25, 0.3) is 9.05 Å². The van der Waals surface area contributed by atoms with Crippen LogP contribution in [0.15, 0.2) is 35.2 Å². The molecule has 7 heteroatoms. The van der Waals surface area contributed by atoms with Crippen molar-refractivity contribution < 1.29 is 13.2 Å². The van der Waals surface area contributed by atoms with Crippen LogP contribution in [0.25, 0.3) is 10.8 Å². The van der Waals surface area contributed by atoms with Gasteiger partial charge in [-0.2, -0.15) is 0 Å². The number of rotatable bonds is 1. The summed E-state index contributed by atoms with van der Waals surface area (Å²) in [6, 6.07) is 7.58. The van der Waals surface area contributed by atoms with Gasteiger partial charge in [-0.3, -0.25) is 0 Å². The maximum atomic E-state index is 11.5. The minimum Gasteiger partial charge on any atom is -0.307 e. The molecule has 0 saturated heterocycles. The molecule has 1 aliphatic rings. The fourth-order valence-corrected chi connectivity index (χ4v) is 3.14. The Morgan fingerprint density at radius 2 is 1.67 bits per heavy atom. The number of amides is 2. The molecule has 2 aromatic carbocycles. The number of carbonyl (C=O) groups is 1. The maximum absolute atomic E-state index is 11.5. The van der Waals surface area contributed by atoms with E-state index in [9.17, 15) is 13.2 Å². The van der Waals surface area contributed by atoms with Crippen molar-refractivity contribution in [2.24, 2.45) is 0 Å². The molecule has 2 amide bonds. The Morgan fingerprint density at radius 1 is 1.00 bits per heavy atom. The third-order valence-electron chi connectivity index (χ3n) is 2.76. The third-order valence-corrected chi connectivity index (χ3v) is 4.14. The molecular formula is C11H7ClN2O3S. The van der Waals surface area contributed by atoms with Crippen LogP contribution in [0.2, 0.25) is 0 Å². The van der Waals surface area contributed by atoms with E-state index < -0.39 is 9.05 Å². The highest BCUT2D eigenvalue weighted by Gasteiger charge is 2.21. The Bertz CT molecular complexity index is 772. The molecule has 0 saturated carbocycles. The lowest BCUT2D eigenvalue weighted by Gasteiger charge is -2.19. The smallest absolute Gasteiger partial charge is 0.307 e. The van der Waals surface area contributed by atoms with Crippen molar-refractivity contribution in [3.8, 4) is 0 Å². The topological polar surface area (TPSA) is 75.3 Å². The molecule has 0 atom stereocenters. The van der Waals surface area contributed by atoms with E-state index in [0.29, 0.717) is 22.1 Å². The van der Waals surface area contributed by atoms with Gasteiger partial charge in [-0.15, -0.1) is 0 Å². The number of hydrogen-bond donors (Lipinski definition) is 2. The van der Waals surface area contributed by atoms with Crippen molar-refractivity contribution >= 4 is 47.9 Å². The van der Waals surface area contributed by atoms with E-state index in [2.05, 4.69) is 10.6 Å². The summed E-state index contributed by atoms with van der Waals surface area (Å²) in [5.74, 6) is 0. The summed E-state index contributed by atoms with van der Waals surface area (Å²) in [7, 11) is 1.57. The summed E-state index contributed by atoms with van der Waals surface area (Å²) in [6.07, 6.45) is 0. The van der Waals surface area contributed by atoms with Crippen LogP contribution >= 0.6 is 10.7 Å². The lowest BCUT2D eigenvalue weighted by molar-refractivity contribution is 0.262. The normalized spacial score (nSPS) is 14.2. The molecule has 0 aliphatic carbocycles. The third kappa shape index (κ3) is 1.61. The Morgan fingerprint density at radius 3 is 2.33 bits per heavy atom. The van der Waals surface area contributed by atoms with Crippen LogP contribution in [0.1, 0.15) is 0 Å². The van der Waals surface area contributed by atoms with Gasteiger partial charge in [0.05, 0.1) is 16.3 Å². The Labute approximate surface area is 107 Å². The molecule has 5 nitrogen and oxygen atoms in total. The van der Waals surface area contributed by atoms with Gasteiger partial charge in [0.2, 0.25) is 0 Å². The summed E-state index contributed by atoms with van der Waals surface area (Å²) in [5, 5.41) is 6.35. The highest BCUT2D eigenvalue weighted by Crippen LogP contribution is 2.37. The number of carbonyl (C=O) groups excluding carboxylic acids is 1. The van der Waals surface area contributed by atoms with Crippen molar-refractivity contribution in [1.29, 1.82) is 0 Å². The van der Waals surface area contributed by atoms with Crippen LogP contribution in [0, 0.1) is 0 Å². The number of hydrogen-bond acceptors (Lipinski definition) is 3. The fraction of sp³-hybridized carbons (Fsp3) is 0. The second-order valence-electron chi connectivity index (χ2n) is 3.86. The standard InChI is InChI=1S/C11H7ClN2O3S/c12-18(16,17)9-5-4-8-10-6(9)2-1-3-7(10)13-11(15)14-8/h1-5H,(H2,13,14,15). The number of benzene rings is 2. The monoisotopic (exact) mass is 282 g/mol. The van der Waals surface area contributed by atoms with Crippen molar-refractivity contribution in [2.75, 3.05) is 10.6 Å². The molecular weight excluding hydrogens is 276 g/mol. The fourth-order valence-electron chi connectivity index (χ4n) is 2.08. The average molecular weight is 283 g/mol. The predicted molar refractivity (Wildman–Crippen MR) is 69.6 cm³/mol. The molecule has 18 heavy (non-hydrogen) atoms. The van der Waals surface area contributed by atoms with Gasteiger partial charge >= 0.3 is 6.03 Å². The van der Waals surface area contributed by atoms with Crippen LogP contribution < -0.4 is 10.6 Å². The highest BCUT2D eigenvalue weighted by atomic mass is 35.7. The van der Waals surface area contributed by atoms with Gasteiger partial charge in [-0.1, -0.05) is 12.1 Å². The van der Waals surface area contributed by atoms with Crippen LogP contribution in [0.4, 0.5) is 16.2 Å². The minimum absolute atomic E-state index is 0.0303. The van der Waals surface area contributed by atoms with E-state index in [1.807, 2.05) is 0 Å². The molecule has 0 bridgehead atoms. The van der Waals surface area contributed by atoms with Crippen molar-refractivity contribution in [3.05, 3.63) is 30.3 Å². The zero-order valence-corrected chi connectivity index (χ0v) is 10.5. The second-order valence-corrected chi connectivity index (χ2v) is 6.39. The average Bonchev–Trinajstić information content (AvgIpc) is 2.27. The Hall–Kier alpha value is -1.79. The zero-order valence-electron chi connectivity index (χ0n) is 8.90. The molecule has 1 heterocycles. The molecule has 1 aliphatic heterocycles. The number of nitrogens with one attached hydrogen (secondary N) is 2. The molecule has 0 spiro atoms. The van der Waals surface area contributed by atoms with Crippen LogP contribution in [0.3, 0.4) is 0 Å². The van der Waals surface area contributed by atoms with Crippen molar-refractivity contribution in [2.45, 2.75) is 4.90 Å². The molecule has 2 aromatic rings. The number of halogens is 1. The van der Waals surface area contributed by atoms with Crippen molar-refractivity contribution in [1.82, 2.24) is 0 Å². The molecule has 0 fully saturated rings. The van der Waals surface area contributed by atoms with Gasteiger partial charge in [-0.05, 0) is 18.2 Å². The molecule has 3 rings (SSSR count). The van der Waals surface area contributed by atoms with Crippen LogP contribution in [-0.4, -0.2) is 14.4 Å². The number of anilines is 2. The first-order chi connectivity index (χ1) is 8.47. The first-order valence-corrected chi connectivity index (χ1v) is 7.36. The molecule has 0 radical (unpaired) electrons. The lowest BCUT2D eigenvalue weighted by Crippen LogP contribution is -2.23. The molecule has 92 valence electrons. The van der Waals surface area contributed by atoms with E-state index in [4.69, 9.17) is 10.7 Å². The molecule has 2 N–H and O–H groups in total. The second kappa shape index (κ2) is 3.60. The highest BCUT2D eigenvalue weighted by molar-refractivity contribution is 8.14. The van der Waals surface area contributed by atoms with Gasteiger partial charge in [0.15, 0.2) is 0 Å². The van der Waals surface area contributed by atoms with Crippen LogP contribution in [-0.2, 0) is 9.05 Å². The van der Waals surface area contributed by atoms with Crippen molar-refractivity contribution in [3.63, 3.8) is 0 Å². The Balaban J connectivity index is 2.47. The molecule has 0 aromatic heterocycles. The summed E-state index contributed by atoms with van der Waals surface area (Å²) in [5.41, 5.74) is 1.13. The summed E-state index contributed by atoms with van der Waals surface area (Å²) >= 11 is 0. The molecule has 0 unspecified atom stereocenters. The van der Waals surface area contributed by atoms with Gasteiger partial charge < -0.3 is 10.6 Å². The Kier molecular flexibility index (Phi) is 2.26. The lowest BCUT2D eigenvalue weighted by atomic mass is 10.1. The van der Waals surface area contributed by atoms with Gasteiger partial charge in [0, 0.05) is 21.5 Å². The van der Waals surface area contributed by atoms with E-state index in [1.54, 1.807) is 18.2 Å². The van der Waals surface area contributed by atoms with Gasteiger partial charge in [-0.25, -0.2) is 13.2 Å². The minimum atomic E-state index is -3.83. The zero-order chi connectivity index (χ0) is 12.9. The van der Waals surface area contributed by atoms with Crippen LogP contribution in [0.5, 0.6) is 0 Å². The maximum Gasteiger partial charge on any atom is 0.323 e. The van der Waals surface area contributed by atoms with Gasteiger partial charge in [0.1, 0.15) is 0 Å². The van der Waals surface area contributed by atoms with E-state index in [0.717, 1.165) is 0 Å². The van der Waals surface area contributed by atoms with E-state index >= 15 is 0 Å². The largest absolute Gasteiger partial charge is 0.323 e. The summed E-state index contributed by atoms with van der Waals surface area (Å²) < 4.78 is 23.0. The summed E-state index contributed by atoms with van der Waals surface area (Å²) in [4.78, 5) is 11.4. The quantitative estimate of drug-likeness (QED) is 0.790. The number of urea groups is 1. The van der Waals surface area contributed by atoms with E-state index in [-0.39, 0.29) is 10.9 Å². The summed E-state index contributed by atoms with van der Waals surface area (Å²) in [6.45, 7) is 0. The van der Waals surface area contributed by atoms with E-state index in [1.165, 1.54) is 12.1 Å².